The molecule has 1 aliphatic carbocycles. The Kier molecular flexibility index (Phi) is 4.59. The monoisotopic (exact) mass is 359 g/mol. The van der Waals surface area contributed by atoms with Gasteiger partial charge in [-0.2, -0.15) is 0 Å². The van der Waals surface area contributed by atoms with E-state index in [1.54, 1.807) is 24.0 Å². The molecular formula is C22H17NO2S. The van der Waals surface area contributed by atoms with Gasteiger partial charge in [-0.15, -0.1) is 11.8 Å². The van der Waals surface area contributed by atoms with Gasteiger partial charge >= 0.3 is 5.97 Å². The van der Waals surface area contributed by atoms with Gasteiger partial charge in [0.1, 0.15) is 0 Å². The highest BCUT2D eigenvalue weighted by atomic mass is 32.2. The molecule has 0 saturated heterocycles. The Bertz CT molecular complexity index is 982. The summed E-state index contributed by atoms with van der Waals surface area (Å²) in [7, 11) is 0. The lowest BCUT2D eigenvalue weighted by Crippen LogP contribution is -2.04. The van der Waals surface area contributed by atoms with Gasteiger partial charge in [-0.25, -0.2) is 4.79 Å². The van der Waals surface area contributed by atoms with Crippen LogP contribution >= 0.6 is 11.8 Å². The second-order valence-corrected chi connectivity index (χ2v) is 7.26. The third kappa shape index (κ3) is 3.28. The summed E-state index contributed by atoms with van der Waals surface area (Å²) >= 11 is 1.80. The number of nitrogens with zero attached hydrogens (tertiary/aromatic N) is 1. The van der Waals surface area contributed by atoms with Crippen molar-refractivity contribution < 1.29 is 9.90 Å². The van der Waals surface area contributed by atoms with Crippen LogP contribution in [0, 0.1) is 0 Å². The van der Waals surface area contributed by atoms with Crippen LogP contribution in [0.4, 0.5) is 0 Å². The van der Waals surface area contributed by atoms with Gasteiger partial charge in [-0.1, -0.05) is 48.6 Å². The maximum atomic E-state index is 11.5. The van der Waals surface area contributed by atoms with Crippen LogP contribution in [0.2, 0.25) is 0 Å². The third-order valence-electron chi connectivity index (χ3n) is 4.48. The lowest BCUT2D eigenvalue weighted by Gasteiger charge is -2.20. The fourth-order valence-corrected chi connectivity index (χ4v) is 4.49. The molecule has 128 valence electrons. The molecule has 0 radical (unpaired) electrons. The summed E-state index contributed by atoms with van der Waals surface area (Å²) in [5.41, 5.74) is 5.96. The zero-order valence-electron chi connectivity index (χ0n) is 14.0. The molecule has 0 amide bonds. The largest absolute Gasteiger partial charge is 0.478 e. The van der Waals surface area contributed by atoms with Gasteiger partial charge in [0, 0.05) is 18.1 Å². The highest BCUT2D eigenvalue weighted by molar-refractivity contribution is 7.99. The summed E-state index contributed by atoms with van der Waals surface area (Å²) in [5.74, 6) is -0.0887. The highest BCUT2D eigenvalue weighted by Crippen LogP contribution is 2.43. The summed E-state index contributed by atoms with van der Waals surface area (Å²) < 4.78 is 0. The molecule has 0 fully saturated rings. The van der Waals surface area contributed by atoms with Crippen LogP contribution < -0.4 is 0 Å². The number of fused-ring (bicyclic) bond motifs is 2. The molecule has 26 heavy (non-hydrogen) atoms. The topological polar surface area (TPSA) is 50.2 Å². The number of carbonyl (C=O) groups is 1. The van der Waals surface area contributed by atoms with Crippen LogP contribution in [0.5, 0.6) is 0 Å². The van der Waals surface area contributed by atoms with Crippen LogP contribution in [0.25, 0.3) is 12.2 Å². The van der Waals surface area contributed by atoms with E-state index in [0.29, 0.717) is 5.56 Å². The summed E-state index contributed by atoms with van der Waals surface area (Å²) in [5, 5.41) is 9.48. The number of benzene rings is 2. The number of hydrogen-bond donors (Lipinski definition) is 1. The van der Waals surface area contributed by atoms with Crippen molar-refractivity contribution >= 4 is 29.9 Å². The standard InChI is InChI=1S/C22H17NO2S/c24-22(25)18-10-9-17-8-7-16-5-1-2-6-19(16)21(20(17)12-18)26-14-15-4-3-11-23-13-15/h1-13,21H,14H2,(H,24,25). The van der Waals surface area contributed by atoms with E-state index in [-0.39, 0.29) is 5.25 Å². The van der Waals surface area contributed by atoms with Crippen molar-refractivity contribution in [2.45, 2.75) is 11.0 Å². The predicted octanol–water partition coefficient (Wildman–Crippen LogP) is 5.29. The van der Waals surface area contributed by atoms with Gasteiger partial charge in [0.15, 0.2) is 0 Å². The molecule has 1 N–H and O–H groups in total. The van der Waals surface area contributed by atoms with E-state index in [2.05, 4.69) is 35.3 Å². The third-order valence-corrected chi connectivity index (χ3v) is 5.82. The van der Waals surface area contributed by atoms with Crippen LogP contribution in [0.15, 0.2) is 67.0 Å². The normalized spacial score (nSPS) is 15.0. The minimum Gasteiger partial charge on any atom is -0.478 e. The SMILES string of the molecule is O=C(O)c1ccc2c(c1)C(SCc1cccnc1)c1ccccc1C=C2. The van der Waals surface area contributed by atoms with Crippen molar-refractivity contribution in [1.29, 1.82) is 0 Å². The number of carboxylic acids is 1. The van der Waals surface area contributed by atoms with Gasteiger partial charge in [0.05, 0.1) is 10.8 Å². The fourth-order valence-electron chi connectivity index (χ4n) is 3.18. The Morgan fingerprint density at radius 1 is 1.00 bits per heavy atom. The molecule has 4 heteroatoms. The number of aromatic nitrogens is 1. The Morgan fingerprint density at radius 2 is 1.81 bits per heavy atom. The summed E-state index contributed by atoms with van der Waals surface area (Å²) in [6.45, 7) is 0. The second-order valence-electron chi connectivity index (χ2n) is 6.16. The van der Waals surface area contributed by atoms with Gasteiger partial charge in [-0.3, -0.25) is 4.98 Å². The molecule has 1 aromatic heterocycles. The number of carboxylic acid groups (broad SMARTS) is 1. The number of pyridine rings is 1. The molecular weight excluding hydrogens is 342 g/mol. The maximum Gasteiger partial charge on any atom is 0.335 e. The van der Waals surface area contributed by atoms with Crippen LogP contribution in [-0.2, 0) is 5.75 Å². The molecule has 1 aliphatic rings. The van der Waals surface area contributed by atoms with Crippen molar-refractivity contribution in [2.24, 2.45) is 0 Å². The van der Waals surface area contributed by atoms with Gasteiger partial charge in [0.2, 0.25) is 0 Å². The number of aromatic carboxylic acids is 1. The molecule has 1 heterocycles. The smallest absolute Gasteiger partial charge is 0.335 e. The zero-order valence-corrected chi connectivity index (χ0v) is 14.8. The van der Waals surface area contributed by atoms with Crippen molar-refractivity contribution in [2.75, 3.05) is 0 Å². The lowest BCUT2D eigenvalue weighted by atomic mass is 9.97. The van der Waals surface area contributed by atoms with Crippen molar-refractivity contribution in [1.82, 2.24) is 4.98 Å². The van der Waals surface area contributed by atoms with E-state index >= 15 is 0 Å². The van der Waals surface area contributed by atoms with E-state index in [0.717, 1.165) is 22.4 Å². The molecule has 3 nitrogen and oxygen atoms in total. The van der Waals surface area contributed by atoms with Gasteiger partial charge < -0.3 is 5.11 Å². The molecule has 1 atom stereocenters. The first kappa shape index (κ1) is 16.6. The van der Waals surface area contributed by atoms with Crippen LogP contribution in [0.3, 0.4) is 0 Å². The quantitative estimate of drug-likeness (QED) is 0.688. The number of hydrogen-bond acceptors (Lipinski definition) is 3. The lowest BCUT2D eigenvalue weighted by molar-refractivity contribution is 0.0697. The molecule has 4 rings (SSSR count). The molecule has 2 aromatic carbocycles. The summed E-state index contributed by atoms with van der Waals surface area (Å²) in [6.07, 6.45) is 7.83. The van der Waals surface area contributed by atoms with E-state index in [1.165, 1.54) is 11.1 Å². The Morgan fingerprint density at radius 3 is 2.58 bits per heavy atom. The Labute approximate surface area is 156 Å². The first-order valence-corrected chi connectivity index (χ1v) is 9.42. The van der Waals surface area contributed by atoms with E-state index in [4.69, 9.17) is 0 Å². The van der Waals surface area contributed by atoms with E-state index in [9.17, 15) is 9.90 Å². The summed E-state index contributed by atoms with van der Waals surface area (Å²) in [6, 6.07) is 17.7. The van der Waals surface area contributed by atoms with Crippen LogP contribution in [0.1, 0.15) is 43.4 Å². The first-order chi connectivity index (χ1) is 12.7. The van der Waals surface area contributed by atoms with Crippen molar-refractivity contribution in [3.8, 4) is 0 Å². The first-order valence-electron chi connectivity index (χ1n) is 8.37. The van der Waals surface area contributed by atoms with Crippen molar-refractivity contribution in [3.05, 3.63) is 100 Å². The maximum absolute atomic E-state index is 11.5. The fraction of sp³-hybridized carbons (Fsp3) is 0.0909. The average Bonchev–Trinajstić information content (AvgIpc) is 2.83. The van der Waals surface area contributed by atoms with Gasteiger partial charge in [-0.05, 0) is 46.0 Å². The average molecular weight is 359 g/mol. The number of thioether (sulfide) groups is 1. The van der Waals surface area contributed by atoms with E-state index in [1.807, 2.05) is 36.5 Å². The van der Waals surface area contributed by atoms with Crippen molar-refractivity contribution in [3.63, 3.8) is 0 Å². The Hall–Kier alpha value is -2.85. The molecule has 0 bridgehead atoms. The van der Waals surface area contributed by atoms with Crippen LogP contribution in [-0.4, -0.2) is 16.1 Å². The second kappa shape index (κ2) is 7.18. The summed E-state index contributed by atoms with van der Waals surface area (Å²) in [4.78, 5) is 15.7. The minimum atomic E-state index is -0.898. The molecule has 0 aliphatic heterocycles. The minimum absolute atomic E-state index is 0.0655. The molecule has 0 saturated carbocycles. The molecule has 3 aromatic rings. The Balaban J connectivity index is 1.78. The number of rotatable bonds is 4. The highest BCUT2D eigenvalue weighted by Gasteiger charge is 2.23. The predicted molar refractivity (Wildman–Crippen MR) is 106 cm³/mol. The zero-order chi connectivity index (χ0) is 17.9. The molecule has 1 unspecified atom stereocenters. The van der Waals surface area contributed by atoms with Gasteiger partial charge in [0.25, 0.3) is 0 Å². The van der Waals surface area contributed by atoms with E-state index < -0.39 is 5.97 Å². The molecule has 0 spiro atoms.